The Morgan fingerprint density at radius 3 is 2.20 bits per heavy atom. The van der Waals surface area contributed by atoms with Crippen molar-refractivity contribution in [3.05, 3.63) is 59.2 Å². The quantitative estimate of drug-likeness (QED) is 0.688. The summed E-state index contributed by atoms with van der Waals surface area (Å²) in [6.07, 6.45) is 0.224. The van der Waals surface area contributed by atoms with Crippen LogP contribution in [-0.2, 0) is 6.42 Å². The molecule has 1 N–H and O–H groups in total. The fourth-order valence-corrected chi connectivity index (χ4v) is 1.67. The van der Waals surface area contributed by atoms with Crippen molar-refractivity contribution >= 4 is 5.69 Å². The van der Waals surface area contributed by atoms with Gasteiger partial charge in [0.1, 0.15) is 11.5 Å². The summed E-state index contributed by atoms with van der Waals surface area (Å²) in [5.41, 5.74) is -0.347. The standard InChI is InChI=1S/C13H9F5N2/c14-8-3-1-2-7(6-8)4-5-19-11-9(15)12(17)20-13(18)10(11)16/h1-3,6H,4-5H2,(H,19,20). The van der Waals surface area contributed by atoms with Gasteiger partial charge in [0.05, 0.1) is 0 Å². The minimum atomic E-state index is -1.72. The average molecular weight is 288 g/mol. The number of anilines is 1. The number of aromatic nitrogens is 1. The Morgan fingerprint density at radius 2 is 1.60 bits per heavy atom. The number of pyridine rings is 1. The number of hydrogen-bond donors (Lipinski definition) is 1. The monoisotopic (exact) mass is 288 g/mol. The van der Waals surface area contributed by atoms with E-state index in [1.54, 1.807) is 6.07 Å². The molecule has 0 fully saturated rings. The molecule has 2 aromatic rings. The van der Waals surface area contributed by atoms with Crippen molar-refractivity contribution in [3.8, 4) is 0 Å². The van der Waals surface area contributed by atoms with Gasteiger partial charge in [0.15, 0.2) is 0 Å². The van der Waals surface area contributed by atoms with Crippen LogP contribution < -0.4 is 5.32 Å². The maximum Gasteiger partial charge on any atom is 0.253 e. The van der Waals surface area contributed by atoms with E-state index in [1.807, 2.05) is 0 Å². The van der Waals surface area contributed by atoms with Gasteiger partial charge in [-0.15, -0.1) is 0 Å². The molecule has 0 radical (unpaired) electrons. The summed E-state index contributed by atoms with van der Waals surface area (Å²) < 4.78 is 65.1. The molecule has 2 rings (SSSR count). The van der Waals surface area contributed by atoms with E-state index in [2.05, 4.69) is 10.3 Å². The van der Waals surface area contributed by atoms with E-state index in [9.17, 15) is 22.0 Å². The Hall–Kier alpha value is -2.18. The van der Waals surface area contributed by atoms with E-state index < -0.39 is 35.0 Å². The molecule has 0 aliphatic rings. The molecule has 0 bridgehead atoms. The Labute approximate surface area is 111 Å². The second kappa shape index (κ2) is 5.85. The Kier molecular flexibility index (Phi) is 4.16. The van der Waals surface area contributed by atoms with Crippen LogP contribution in [0.1, 0.15) is 5.56 Å². The summed E-state index contributed by atoms with van der Waals surface area (Å²) in [6, 6.07) is 5.61. The fraction of sp³-hybridized carbons (Fsp3) is 0.154. The van der Waals surface area contributed by atoms with Crippen LogP contribution in [0, 0.1) is 29.3 Å². The maximum absolute atomic E-state index is 13.3. The number of hydrogen-bond acceptors (Lipinski definition) is 2. The molecule has 20 heavy (non-hydrogen) atoms. The van der Waals surface area contributed by atoms with E-state index in [0.717, 1.165) is 0 Å². The Balaban J connectivity index is 2.08. The first-order chi connectivity index (χ1) is 9.49. The lowest BCUT2D eigenvalue weighted by Crippen LogP contribution is -2.12. The third kappa shape index (κ3) is 3.04. The van der Waals surface area contributed by atoms with Crippen LogP contribution in [0.5, 0.6) is 0 Å². The van der Waals surface area contributed by atoms with Gasteiger partial charge in [-0.25, -0.2) is 4.39 Å². The van der Waals surface area contributed by atoms with Crippen molar-refractivity contribution in [1.29, 1.82) is 0 Å². The third-order valence-corrected chi connectivity index (χ3v) is 2.60. The highest BCUT2D eigenvalue weighted by atomic mass is 19.2. The lowest BCUT2D eigenvalue weighted by atomic mass is 10.1. The molecule has 1 aromatic heterocycles. The maximum atomic E-state index is 13.3. The summed E-state index contributed by atoms with van der Waals surface area (Å²) in [6.45, 7) is -0.0276. The Bertz CT molecular complexity index is 604. The molecule has 0 spiro atoms. The molecule has 7 heteroatoms. The molecule has 0 amide bonds. The number of rotatable bonds is 4. The average Bonchev–Trinajstić information content (AvgIpc) is 2.40. The normalized spacial score (nSPS) is 10.7. The second-order valence-electron chi connectivity index (χ2n) is 4.00. The van der Waals surface area contributed by atoms with E-state index in [-0.39, 0.29) is 13.0 Å². The molecule has 0 saturated heterocycles. The van der Waals surface area contributed by atoms with Gasteiger partial charge in [-0.3, -0.25) is 0 Å². The van der Waals surface area contributed by atoms with Crippen molar-refractivity contribution < 1.29 is 22.0 Å². The number of nitrogens with one attached hydrogen (secondary N) is 1. The van der Waals surface area contributed by atoms with Crippen LogP contribution in [0.2, 0.25) is 0 Å². The van der Waals surface area contributed by atoms with Crippen molar-refractivity contribution in [2.75, 3.05) is 11.9 Å². The van der Waals surface area contributed by atoms with Crippen LogP contribution >= 0.6 is 0 Å². The number of benzene rings is 1. The molecule has 2 nitrogen and oxygen atoms in total. The largest absolute Gasteiger partial charge is 0.380 e. The topological polar surface area (TPSA) is 24.9 Å². The van der Waals surface area contributed by atoms with Gasteiger partial charge in [-0.05, 0) is 24.1 Å². The predicted octanol–water partition coefficient (Wildman–Crippen LogP) is 3.43. The van der Waals surface area contributed by atoms with E-state index >= 15 is 0 Å². The van der Waals surface area contributed by atoms with E-state index in [4.69, 9.17) is 0 Å². The fourth-order valence-electron chi connectivity index (χ4n) is 1.67. The third-order valence-electron chi connectivity index (χ3n) is 2.60. The smallest absolute Gasteiger partial charge is 0.253 e. The van der Waals surface area contributed by atoms with Gasteiger partial charge in [-0.1, -0.05) is 12.1 Å². The first-order valence-corrected chi connectivity index (χ1v) is 5.67. The van der Waals surface area contributed by atoms with Crippen LogP contribution in [0.3, 0.4) is 0 Å². The van der Waals surface area contributed by atoms with Gasteiger partial charge in [-0.2, -0.15) is 22.5 Å². The molecule has 106 valence electrons. The molecule has 0 saturated carbocycles. The molecule has 1 aromatic carbocycles. The summed E-state index contributed by atoms with van der Waals surface area (Å²) in [7, 11) is 0. The van der Waals surface area contributed by atoms with Crippen molar-refractivity contribution in [3.63, 3.8) is 0 Å². The number of halogens is 5. The minimum Gasteiger partial charge on any atom is -0.380 e. The highest BCUT2D eigenvalue weighted by molar-refractivity contribution is 5.45. The van der Waals surface area contributed by atoms with Crippen LogP contribution in [-0.4, -0.2) is 11.5 Å². The highest BCUT2D eigenvalue weighted by Crippen LogP contribution is 2.21. The summed E-state index contributed by atoms with van der Waals surface area (Å²) in [5, 5.41) is 2.24. The molecule has 0 unspecified atom stereocenters. The zero-order chi connectivity index (χ0) is 14.7. The SMILES string of the molecule is Fc1cccc(CCNc2c(F)c(F)nc(F)c2F)c1. The first-order valence-electron chi connectivity index (χ1n) is 5.67. The first kappa shape index (κ1) is 14.2. The summed E-state index contributed by atoms with van der Waals surface area (Å²) in [4.78, 5) is 2.44. The van der Waals surface area contributed by atoms with Gasteiger partial charge >= 0.3 is 0 Å². The van der Waals surface area contributed by atoms with Gasteiger partial charge in [0.25, 0.3) is 11.9 Å². The zero-order valence-electron chi connectivity index (χ0n) is 10.1. The summed E-state index contributed by atoms with van der Waals surface area (Å²) in [5.74, 6) is -7.08. The van der Waals surface area contributed by atoms with Gasteiger partial charge in [0, 0.05) is 6.54 Å². The number of nitrogens with zero attached hydrogens (tertiary/aromatic N) is 1. The molecular formula is C13H9F5N2. The van der Waals surface area contributed by atoms with E-state index in [1.165, 1.54) is 18.2 Å². The molecule has 0 aliphatic carbocycles. The predicted molar refractivity (Wildman–Crippen MR) is 62.7 cm³/mol. The van der Waals surface area contributed by atoms with Crippen molar-refractivity contribution in [2.45, 2.75) is 6.42 Å². The Morgan fingerprint density at radius 1 is 0.950 bits per heavy atom. The van der Waals surface area contributed by atoms with Crippen molar-refractivity contribution in [2.24, 2.45) is 0 Å². The highest BCUT2D eigenvalue weighted by Gasteiger charge is 2.20. The van der Waals surface area contributed by atoms with Gasteiger partial charge in [0.2, 0.25) is 11.6 Å². The second-order valence-corrected chi connectivity index (χ2v) is 4.00. The molecule has 0 atom stereocenters. The van der Waals surface area contributed by atoms with E-state index in [0.29, 0.717) is 5.56 Å². The summed E-state index contributed by atoms with van der Waals surface area (Å²) >= 11 is 0. The molecular weight excluding hydrogens is 279 g/mol. The van der Waals surface area contributed by atoms with Crippen LogP contribution in [0.4, 0.5) is 27.6 Å². The van der Waals surface area contributed by atoms with Crippen LogP contribution in [0.25, 0.3) is 0 Å². The molecule has 1 heterocycles. The van der Waals surface area contributed by atoms with Crippen LogP contribution in [0.15, 0.2) is 24.3 Å². The lowest BCUT2D eigenvalue weighted by molar-refractivity contribution is 0.410. The van der Waals surface area contributed by atoms with Gasteiger partial charge < -0.3 is 5.32 Å². The van der Waals surface area contributed by atoms with Crippen molar-refractivity contribution in [1.82, 2.24) is 4.98 Å². The lowest BCUT2D eigenvalue weighted by Gasteiger charge is -2.09. The zero-order valence-corrected chi connectivity index (χ0v) is 10.1. The minimum absolute atomic E-state index is 0.0276. The molecule has 0 aliphatic heterocycles.